The highest BCUT2D eigenvalue weighted by atomic mass is 32.1. The number of aromatic amines is 2. The van der Waals surface area contributed by atoms with Crippen molar-refractivity contribution in [3.8, 4) is 5.75 Å². The Morgan fingerprint density at radius 1 is 1.20 bits per heavy atom. The molecule has 25 heavy (non-hydrogen) atoms. The molecule has 0 aliphatic rings. The molecule has 3 N–H and O–H groups in total. The Labute approximate surface area is 148 Å². The fourth-order valence-corrected chi connectivity index (χ4v) is 2.60. The zero-order chi connectivity index (χ0) is 17.8. The van der Waals surface area contributed by atoms with Gasteiger partial charge < -0.3 is 15.0 Å². The van der Waals surface area contributed by atoms with Crippen LogP contribution in [0.25, 0.3) is 10.9 Å². The minimum absolute atomic E-state index is 0.180. The SMILES string of the molecule is CC(COc1ccccc1)NC(=O)c1ccc2c(=O)[nH]c(=S)[nH]c2c1. The third kappa shape index (κ3) is 4.13. The number of fused-ring (bicyclic) bond motifs is 1. The molecule has 3 aromatic rings. The number of ether oxygens (including phenoxy) is 1. The van der Waals surface area contributed by atoms with Crippen molar-refractivity contribution in [2.45, 2.75) is 13.0 Å². The van der Waals surface area contributed by atoms with Crippen LogP contribution in [-0.2, 0) is 0 Å². The van der Waals surface area contributed by atoms with Gasteiger partial charge in [0.25, 0.3) is 11.5 Å². The lowest BCUT2D eigenvalue weighted by Gasteiger charge is -2.15. The molecule has 3 rings (SSSR count). The molecule has 1 atom stereocenters. The average molecular weight is 355 g/mol. The summed E-state index contributed by atoms with van der Waals surface area (Å²) in [5.41, 5.74) is 0.681. The number of benzene rings is 2. The number of H-pyrrole nitrogens is 2. The van der Waals surface area contributed by atoms with Crippen LogP contribution in [0.3, 0.4) is 0 Å². The van der Waals surface area contributed by atoms with E-state index in [2.05, 4.69) is 15.3 Å². The smallest absolute Gasteiger partial charge is 0.259 e. The third-order valence-corrected chi connectivity index (χ3v) is 3.83. The molecule has 7 heteroatoms. The van der Waals surface area contributed by atoms with E-state index in [4.69, 9.17) is 17.0 Å². The van der Waals surface area contributed by atoms with E-state index in [1.165, 1.54) is 0 Å². The maximum Gasteiger partial charge on any atom is 0.259 e. The van der Waals surface area contributed by atoms with Gasteiger partial charge in [-0.1, -0.05) is 18.2 Å². The maximum absolute atomic E-state index is 12.4. The summed E-state index contributed by atoms with van der Waals surface area (Å²) in [6.07, 6.45) is 0. The van der Waals surface area contributed by atoms with Crippen molar-refractivity contribution >= 4 is 29.0 Å². The molecule has 2 aromatic carbocycles. The number of rotatable bonds is 5. The molecule has 1 unspecified atom stereocenters. The van der Waals surface area contributed by atoms with Gasteiger partial charge in [0.2, 0.25) is 0 Å². The average Bonchev–Trinajstić information content (AvgIpc) is 2.60. The molecule has 0 spiro atoms. The predicted octanol–water partition coefficient (Wildman–Crippen LogP) is 2.78. The molecule has 0 bridgehead atoms. The van der Waals surface area contributed by atoms with Crippen LogP contribution >= 0.6 is 12.2 Å². The van der Waals surface area contributed by atoms with E-state index < -0.39 is 0 Å². The zero-order valence-corrected chi connectivity index (χ0v) is 14.4. The van der Waals surface area contributed by atoms with Crippen LogP contribution in [0.1, 0.15) is 17.3 Å². The van der Waals surface area contributed by atoms with Gasteiger partial charge >= 0.3 is 0 Å². The van der Waals surface area contributed by atoms with Gasteiger partial charge in [-0.3, -0.25) is 14.6 Å². The second-order valence-corrected chi connectivity index (χ2v) is 6.08. The van der Waals surface area contributed by atoms with E-state index in [1.54, 1.807) is 18.2 Å². The van der Waals surface area contributed by atoms with Crippen molar-refractivity contribution in [2.75, 3.05) is 6.61 Å². The maximum atomic E-state index is 12.4. The molecule has 0 aliphatic heterocycles. The van der Waals surface area contributed by atoms with Gasteiger partial charge in [-0.15, -0.1) is 0 Å². The lowest BCUT2D eigenvalue weighted by molar-refractivity contribution is 0.0927. The zero-order valence-electron chi connectivity index (χ0n) is 13.5. The molecule has 128 valence electrons. The number of nitrogens with one attached hydrogen (secondary N) is 3. The number of para-hydroxylation sites is 1. The quantitative estimate of drug-likeness (QED) is 0.614. The molecule has 1 amide bonds. The minimum atomic E-state index is -0.282. The van der Waals surface area contributed by atoms with Crippen LogP contribution in [0.2, 0.25) is 0 Å². The summed E-state index contributed by atoms with van der Waals surface area (Å²) in [6, 6.07) is 14.0. The molecule has 1 aromatic heterocycles. The Bertz CT molecular complexity index is 1010. The van der Waals surface area contributed by atoms with Crippen molar-refractivity contribution in [2.24, 2.45) is 0 Å². The number of carbonyl (C=O) groups excluding carboxylic acids is 1. The summed E-state index contributed by atoms with van der Waals surface area (Å²) in [4.78, 5) is 29.6. The van der Waals surface area contributed by atoms with E-state index in [0.717, 1.165) is 5.75 Å². The molecule has 0 saturated carbocycles. The Morgan fingerprint density at radius 3 is 2.72 bits per heavy atom. The van der Waals surface area contributed by atoms with Crippen molar-refractivity contribution in [1.29, 1.82) is 0 Å². The molecule has 6 nitrogen and oxygen atoms in total. The molecular weight excluding hydrogens is 338 g/mol. The second kappa shape index (κ2) is 7.31. The van der Waals surface area contributed by atoms with Gasteiger partial charge in [0.05, 0.1) is 16.9 Å². The van der Waals surface area contributed by atoms with Crippen LogP contribution < -0.4 is 15.6 Å². The Morgan fingerprint density at radius 2 is 1.96 bits per heavy atom. The second-order valence-electron chi connectivity index (χ2n) is 5.67. The number of amides is 1. The van der Waals surface area contributed by atoms with Crippen LogP contribution in [0.15, 0.2) is 53.3 Å². The number of hydrogen-bond donors (Lipinski definition) is 3. The van der Waals surface area contributed by atoms with Gasteiger partial charge in [0.1, 0.15) is 12.4 Å². The summed E-state index contributed by atoms with van der Waals surface area (Å²) in [7, 11) is 0. The summed E-state index contributed by atoms with van der Waals surface area (Å²) >= 11 is 4.96. The van der Waals surface area contributed by atoms with Crippen LogP contribution in [0, 0.1) is 4.77 Å². The van der Waals surface area contributed by atoms with Crippen LogP contribution in [-0.4, -0.2) is 28.5 Å². The van der Waals surface area contributed by atoms with E-state index >= 15 is 0 Å². The first-order valence-electron chi connectivity index (χ1n) is 7.78. The normalized spacial score (nSPS) is 11.9. The van der Waals surface area contributed by atoms with Gasteiger partial charge in [-0.25, -0.2) is 0 Å². The minimum Gasteiger partial charge on any atom is -0.491 e. The third-order valence-electron chi connectivity index (χ3n) is 3.62. The summed E-state index contributed by atoms with van der Waals surface area (Å²) in [6.45, 7) is 2.21. The van der Waals surface area contributed by atoms with Crippen molar-refractivity contribution in [1.82, 2.24) is 15.3 Å². The Kier molecular flexibility index (Phi) is 4.95. The number of aromatic nitrogens is 2. The van der Waals surface area contributed by atoms with Gasteiger partial charge in [0, 0.05) is 5.56 Å². The summed E-state index contributed by atoms with van der Waals surface area (Å²) in [5, 5.41) is 3.32. The lowest BCUT2D eigenvalue weighted by atomic mass is 10.1. The highest BCUT2D eigenvalue weighted by Crippen LogP contribution is 2.11. The first-order valence-corrected chi connectivity index (χ1v) is 8.19. The Balaban J connectivity index is 1.69. The van der Waals surface area contributed by atoms with Crippen LogP contribution in [0.4, 0.5) is 0 Å². The highest BCUT2D eigenvalue weighted by Gasteiger charge is 2.12. The summed E-state index contributed by atoms with van der Waals surface area (Å²) < 4.78 is 5.85. The monoisotopic (exact) mass is 355 g/mol. The van der Waals surface area contributed by atoms with E-state index in [9.17, 15) is 9.59 Å². The van der Waals surface area contributed by atoms with E-state index in [1.807, 2.05) is 37.3 Å². The predicted molar refractivity (Wildman–Crippen MR) is 98.6 cm³/mol. The fourth-order valence-electron chi connectivity index (χ4n) is 2.40. The van der Waals surface area contributed by atoms with Crippen molar-refractivity contribution in [3.63, 3.8) is 0 Å². The molecule has 0 radical (unpaired) electrons. The first kappa shape index (κ1) is 16.9. The molecule has 0 saturated heterocycles. The summed E-state index contributed by atoms with van der Waals surface area (Å²) in [5.74, 6) is 0.506. The van der Waals surface area contributed by atoms with Crippen LogP contribution in [0.5, 0.6) is 5.75 Å². The van der Waals surface area contributed by atoms with Gasteiger partial charge in [-0.2, -0.15) is 0 Å². The van der Waals surface area contributed by atoms with Gasteiger partial charge in [0.15, 0.2) is 4.77 Å². The molecule has 0 fully saturated rings. The Hall–Kier alpha value is -2.93. The standard InChI is InChI=1S/C18H17N3O3S/c1-11(10-24-13-5-3-2-4-6-13)19-16(22)12-7-8-14-15(9-12)20-18(25)21-17(14)23/h2-9,11H,10H2,1H3,(H,19,22)(H2,20,21,23,25). The number of carbonyl (C=O) groups is 1. The molecular formula is C18H17N3O3S. The van der Waals surface area contributed by atoms with Gasteiger partial charge in [-0.05, 0) is 49.5 Å². The largest absolute Gasteiger partial charge is 0.491 e. The fraction of sp³-hybridized carbons (Fsp3) is 0.167. The van der Waals surface area contributed by atoms with Crippen molar-refractivity contribution < 1.29 is 9.53 Å². The van der Waals surface area contributed by atoms with Crippen molar-refractivity contribution in [3.05, 3.63) is 69.2 Å². The molecule has 1 heterocycles. The van der Waals surface area contributed by atoms with E-state index in [-0.39, 0.29) is 22.3 Å². The lowest BCUT2D eigenvalue weighted by Crippen LogP contribution is -2.36. The van der Waals surface area contributed by atoms with E-state index in [0.29, 0.717) is 23.1 Å². The topological polar surface area (TPSA) is 87.0 Å². The highest BCUT2D eigenvalue weighted by molar-refractivity contribution is 7.71. The molecule has 0 aliphatic carbocycles. The number of hydrogen-bond acceptors (Lipinski definition) is 4. The first-order chi connectivity index (χ1) is 12.0.